The van der Waals surface area contributed by atoms with Crippen molar-refractivity contribution in [1.82, 2.24) is 14.6 Å². The summed E-state index contributed by atoms with van der Waals surface area (Å²) in [4.78, 5) is 12.5. The van der Waals surface area contributed by atoms with Crippen LogP contribution in [-0.2, 0) is 0 Å². The zero-order valence-electron chi connectivity index (χ0n) is 12.4. The van der Waals surface area contributed by atoms with Crippen molar-refractivity contribution in [1.29, 1.82) is 0 Å². The molecule has 22 heavy (non-hydrogen) atoms. The van der Waals surface area contributed by atoms with E-state index in [0.29, 0.717) is 22.6 Å². The number of carbonyl (C=O) groups excluding carboxylic acids is 1. The minimum absolute atomic E-state index is 0.224. The van der Waals surface area contributed by atoms with E-state index in [-0.39, 0.29) is 11.8 Å². The van der Waals surface area contributed by atoms with Crippen LogP contribution in [-0.4, -0.2) is 20.5 Å². The molecule has 0 aliphatic carbocycles. The van der Waals surface area contributed by atoms with E-state index in [1.165, 1.54) is 0 Å². The quantitative estimate of drug-likeness (QED) is 0.727. The number of benzene rings is 1. The summed E-state index contributed by atoms with van der Waals surface area (Å²) in [5.74, 6) is 0.834. The average Bonchev–Trinajstić information content (AvgIpc) is 2.93. The van der Waals surface area contributed by atoms with E-state index in [0.717, 1.165) is 5.82 Å². The molecule has 0 saturated heterocycles. The summed E-state index contributed by atoms with van der Waals surface area (Å²) in [7, 11) is 0. The fraction of sp³-hybridized carbons (Fsp3) is 0.188. The molecule has 3 N–H and O–H groups in total. The summed E-state index contributed by atoms with van der Waals surface area (Å²) in [6, 6.07) is 10.6. The maximum atomic E-state index is 12.5. The van der Waals surface area contributed by atoms with Gasteiger partial charge in [0.1, 0.15) is 5.82 Å². The Labute approximate surface area is 128 Å². The van der Waals surface area contributed by atoms with E-state index in [9.17, 15) is 4.79 Å². The van der Waals surface area contributed by atoms with Crippen molar-refractivity contribution in [2.75, 3.05) is 11.1 Å². The first-order chi connectivity index (χ1) is 10.6. The Kier molecular flexibility index (Phi) is 3.50. The molecule has 1 amide bonds. The number of hydrogen-bond acceptors (Lipinski definition) is 4. The Hall–Kier alpha value is -2.89. The van der Waals surface area contributed by atoms with Crippen LogP contribution in [0.25, 0.3) is 5.65 Å². The lowest BCUT2D eigenvalue weighted by Crippen LogP contribution is -2.13. The van der Waals surface area contributed by atoms with Gasteiger partial charge in [0.05, 0.1) is 5.56 Å². The van der Waals surface area contributed by atoms with Crippen molar-refractivity contribution < 1.29 is 4.79 Å². The number of anilines is 2. The highest BCUT2D eigenvalue weighted by molar-refractivity contribution is 6.08. The standard InChI is InChI=1S/C16H17N5O/c1-10(2)14-19-20-15-13(4-3-9-21(14)15)16(22)18-12-7-5-11(17)6-8-12/h3-10H,17H2,1-2H3,(H,18,22). The second kappa shape index (κ2) is 5.48. The number of carbonyl (C=O) groups is 1. The molecular formula is C16H17N5O. The van der Waals surface area contributed by atoms with Crippen LogP contribution in [0.2, 0.25) is 0 Å². The molecule has 0 fully saturated rings. The van der Waals surface area contributed by atoms with Crippen LogP contribution in [0.15, 0.2) is 42.6 Å². The molecule has 112 valence electrons. The number of fused-ring (bicyclic) bond motifs is 1. The molecule has 0 radical (unpaired) electrons. The maximum absolute atomic E-state index is 12.5. The number of rotatable bonds is 3. The average molecular weight is 295 g/mol. The molecule has 6 heteroatoms. The molecule has 0 aliphatic heterocycles. The van der Waals surface area contributed by atoms with Crippen molar-refractivity contribution in [3.05, 3.63) is 54.0 Å². The minimum atomic E-state index is -0.224. The molecule has 0 spiro atoms. The molecule has 0 atom stereocenters. The van der Waals surface area contributed by atoms with Gasteiger partial charge in [0, 0.05) is 23.5 Å². The number of hydrogen-bond donors (Lipinski definition) is 2. The van der Waals surface area contributed by atoms with E-state index in [4.69, 9.17) is 5.73 Å². The first-order valence-corrected chi connectivity index (χ1v) is 7.07. The molecule has 0 unspecified atom stereocenters. The first-order valence-electron chi connectivity index (χ1n) is 7.07. The lowest BCUT2D eigenvalue weighted by Gasteiger charge is -2.07. The topological polar surface area (TPSA) is 85.3 Å². The fourth-order valence-corrected chi connectivity index (χ4v) is 2.27. The van der Waals surface area contributed by atoms with Crippen LogP contribution in [0.4, 0.5) is 11.4 Å². The monoisotopic (exact) mass is 295 g/mol. The number of amides is 1. The zero-order chi connectivity index (χ0) is 15.7. The van der Waals surface area contributed by atoms with Gasteiger partial charge in [0.15, 0.2) is 5.65 Å². The Bertz CT molecular complexity index is 820. The molecule has 1 aromatic carbocycles. The third-order valence-corrected chi connectivity index (χ3v) is 3.39. The van der Waals surface area contributed by atoms with Crippen LogP contribution in [0.5, 0.6) is 0 Å². The number of aromatic nitrogens is 3. The van der Waals surface area contributed by atoms with E-state index in [1.54, 1.807) is 30.3 Å². The second-order valence-corrected chi connectivity index (χ2v) is 5.40. The zero-order valence-corrected chi connectivity index (χ0v) is 12.4. The van der Waals surface area contributed by atoms with Gasteiger partial charge in [0.2, 0.25) is 0 Å². The van der Waals surface area contributed by atoms with Crippen molar-refractivity contribution in [3.8, 4) is 0 Å². The van der Waals surface area contributed by atoms with E-state index in [1.807, 2.05) is 30.5 Å². The Morgan fingerprint density at radius 3 is 2.59 bits per heavy atom. The van der Waals surface area contributed by atoms with Gasteiger partial charge in [-0.15, -0.1) is 10.2 Å². The smallest absolute Gasteiger partial charge is 0.259 e. The van der Waals surface area contributed by atoms with Gasteiger partial charge in [-0.2, -0.15) is 0 Å². The SMILES string of the molecule is CC(C)c1nnc2c(C(=O)Nc3ccc(N)cc3)cccn12. The summed E-state index contributed by atoms with van der Waals surface area (Å²) >= 11 is 0. The summed E-state index contributed by atoms with van der Waals surface area (Å²) in [5.41, 5.74) is 8.02. The number of nitrogen functional groups attached to an aromatic ring is 1. The molecule has 3 rings (SSSR count). The molecule has 2 heterocycles. The molecular weight excluding hydrogens is 278 g/mol. The predicted molar refractivity (Wildman–Crippen MR) is 85.9 cm³/mol. The summed E-state index contributed by atoms with van der Waals surface area (Å²) < 4.78 is 1.85. The predicted octanol–water partition coefficient (Wildman–Crippen LogP) is 2.69. The molecule has 3 aromatic rings. The van der Waals surface area contributed by atoms with Crippen molar-refractivity contribution in [3.63, 3.8) is 0 Å². The van der Waals surface area contributed by atoms with Crippen LogP contribution >= 0.6 is 0 Å². The van der Waals surface area contributed by atoms with Crippen molar-refractivity contribution in [2.24, 2.45) is 0 Å². The highest BCUT2D eigenvalue weighted by Gasteiger charge is 2.16. The molecule has 6 nitrogen and oxygen atoms in total. The molecule has 0 aliphatic rings. The van der Waals surface area contributed by atoms with Crippen molar-refractivity contribution in [2.45, 2.75) is 19.8 Å². The second-order valence-electron chi connectivity index (χ2n) is 5.40. The van der Waals surface area contributed by atoms with Crippen LogP contribution in [0.1, 0.15) is 35.9 Å². The van der Waals surface area contributed by atoms with Gasteiger partial charge in [-0.3, -0.25) is 9.20 Å². The minimum Gasteiger partial charge on any atom is -0.399 e. The van der Waals surface area contributed by atoms with Gasteiger partial charge in [-0.1, -0.05) is 13.8 Å². The summed E-state index contributed by atoms with van der Waals surface area (Å²) in [6.45, 7) is 4.08. The number of pyridine rings is 1. The third kappa shape index (κ3) is 2.50. The van der Waals surface area contributed by atoms with Gasteiger partial charge in [0.25, 0.3) is 5.91 Å². The van der Waals surface area contributed by atoms with Crippen LogP contribution in [0, 0.1) is 0 Å². The third-order valence-electron chi connectivity index (χ3n) is 3.39. The Balaban J connectivity index is 1.95. The lowest BCUT2D eigenvalue weighted by atomic mass is 10.2. The fourth-order valence-electron chi connectivity index (χ4n) is 2.27. The number of nitrogens with zero attached hydrogens (tertiary/aromatic N) is 3. The number of nitrogens with one attached hydrogen (secondary N) is 1. The Morgan fingerprint density at radius 2 is 1.91 bits per heavy atom. The van der Waals surface area contributed by atoms with Gasteiger partial charge < -0.3 is 11.1 Å². The Morgan fingerprint density at radius 1 is 1.18 bits per heavy atom. The van der Waals surface area contributed by atoms with Crippen molar-refractivity contribution >= 4 is 22.9 Å². The van der Waals surface area contributed by atoms with E-state index >= 15 is 0 Å². The number of nitrogens with two attached hydrogens (primary N) is 1. The van der Waals surface area contributed by atoms with E-state index < -0.39 is 0 Å². The van der Waals surface area contributed by atoms with Crippen LogP contribution < -0.4 is 11.1 Å². The molecule has 0 bridgehead atoms. The summed E-state index contributed by atoms with van der Waals surface area (Å²) in [6.07, 6.45) is 1.87. The summed E-state index contributed by atoms with van der Waals surface area (Å²) in [5, 5.41) is 11.2. The highest BCUT2D eigenvalue weighted by atomic mass is 16.1. The molecule has 2 aromatic heterocycles. The lowest BCUT2D eigenvalue weighted by molar-refractivity contribution is 0.102. The van der Waals surface area contributed by atoms with Gasteiger partial charge in [-0.25, -0.2) is 0 Å². The van der Waals surface area contributed by atoms with E-state index in [2.05, 4.69) is 15.5 Å². The molecule has 0 saturated carbocycles. The van der Waals surface area contributed by atoms with Gasteiger partial charge >= 0.3 is 0 Å². The van der Waals surface area contributed by atoms with Gasteiger partial charge in [-0.05, 0) is 36.4 Å². The first kappa shape index (κ1) is 14.1. The largest absolute Gasteiger partial charge is 0.399 e. The highest BCUT2D eigenvalue weighted by Crippen LogP contribution is 2.18. The van der Waals surface area contributed by atoms with Crippen LogP contribution in [0.3, 0.4) is 0 Å². The maximum Gasteiger partial charge on any atom is 0.259 e. The normalized spacial score (nSPS) is 11.0.